The summed E-state index contributed by atoms with van der Waals surface area (Å²) in [7, 11) is 0. The van der Waals surface area contributed by atoms with Gasteiger partial charge in [0.2, 0.25) is 0 Å². The number of aromatic nitrogens is 1. The SMILES string of the molecule is O=C(Nc1ccc(Br)nc1)c1cccc2c1CCCN2. The minimum Gasteiger partial charge on any atom is -0.385 e. The van der Waals surface area contributed by atoms with E-state index < -0.39 is 0 Å². The number of anilines is 2. The maximum atomic E-state index is 12.4. The van der Waals surface area contributed by atoms with E-state index in [-0.39, 0.29) is 5.91 Å². The third-order valence-electron chi connectivity index (χ3n) is 3.32. The molecule has 0 saturated carbocycles. The molecule has 5 heteroatoms. The van der Waals surface area contributed by atoms with Gasteiger partial charge in [-0.2, -0.15) is 0 Å². The van der Waals surface area contributed by atoms with Gasteiger partial charge in [-0.05, 0) is 58.6 Å². The Kier molecular flexibility index (Phi) is 3.69. The standard InChI is InChI=1S/C15H14BrN3O/c16-14-7-6-10(9-18-14)19-15(20)12-3-1-5-13-11(12)4-2-8-17-13/h1,3,5-7,9,17H,2,4,8H2,(H,19,20). The first-order valence-electron chi connectivity index (χ1n) is 6.53. The van der Waals surface area contributed by atoms with Crippen molar-refractivity contribution in [3.63, 3.8) is 0 Å². The maximum absolute atomic E-state index is 12.4. The summed E-state index contributed by atoms with van der Waals surface area (Å²) in [5.41, 5.74) is 3.59. The van der Waals surface area contributed by atoms with Gasteiger partial charge in [0, 0.05) is 17.8 Å². The lowest BCUT2D eigenvalue weighted by molar-refractivity contribution is 0.102. The molecule has 2 aromatic rings. The zero-order valence-electron chi connectivity index (χ0n) is 10.8. The van der Waals surface area contributed by atoms with E-state index >= 15 is 0 Å². The Hall–Kier alpha value is -1.88. The second-order valence-corrected chi connectivity index (χ2v) is 5.50. The average Bonchev–Trinajstić information content (AvgIpc) is 2.49. The summed E-state index contributed by atoms with van der Waals surface area (Å²) in [6.45, 7) is 0.967. The summed E-state index contributed by atoms with van der Waals surface area (Å²) in [5, 5.41) is 6.22. The first-order valence-corrected chi connectivity index (χ1v) is 7.32. The topological polar surface area (TPSA) is 54.0 Å². The van der Waals surface area contributed by atoms with E-state index in [1.54, 1.807) is 12.3 Å². The monoisotopic (exact) mass is 331 g/mol. The van der Waals surface area contributed by atoms with E-state index in [4.69, 9.17) is 0 Å². The van der Waals surface area contributed by atoms with Gasteiger partial charge in [0.25, 0.3) is 5.91 Å². The van der Waals surface area contributed by atoms with Gasteiger partial charge in [-0.15, -0.1) is 0 Å². The molecule has 2 heterocycles. The van der Waals surface area contributed by atoms with Crippen LogP contribution in [0.3, 0.4) is 0 Å². The van der Waals surface area contributed by atoms with Gasteiger partial charge < -0.3 is 10.6 Å². The lowest BCUT2D eigenvalue weighted by Gasteiger charge is -2.20. The van der Waals surface area contributed by atoms with Crippen LogP contribution in [0.4, 0.5) is 11.4 Å². The molecular formula is C15H14BrN3O. The van der Waals surface area contributed by atoms with Gasteiger partial charge in [-0.25, -0.2) is 4.98 Å². The third-order valence-corrected chi connectivity index (χ3v) is 3.79. The molecule has 1 aromatic heterocycles. The number of halogens is 1. The van der Waals surface area contributed by atoms with Crippen LogP contribution in [0.1, 0.15) is 22.3 Å². The molecule has 0 fully saturated rings. The van der Waals surface area contributed by atoms with Crippen molar-refractivity contribution in [2.24, 2.45) is 0 Å². The molecule has 1 aliphatic heterocycles. The molecule has 0 unspecified atom stereocenters. The number of carbonyl (C=O) groups is 1. The fourth-order valence-electron chi connectivity index (χ4n) is 2.37. The van der Waals surface area contributed by atoms with E-state index in [1.807, 2.05) is 24.3 Å². The van der Waals surface area contributed by atoms with E-state index in [9.17, 15) is 4.79 Å². The van der Waals surface area contributed by atoms with Crippen molar-refractivity contribution in [3.8, 4) is 0 Å². The number of amides is 1. The van der Waals surface area contributed by atoms with Crippen molar-refractivity contribution >= 4 is 33.2 Å². The van der Waals surface area contributed by atoms with Crippen LogP contribution in [0.15, 0.2) is 41.1 Å². The number of carbonyl (C=O) groups excluding carboxylic acids is 1. The summed E-state index contributed by atoms with van der Waals surface area (Å²) in [6, 6.07) is 9.42. The fourth-order valence-corrected chi connectivity index (χ4v) is 2.61. The molecule has 0 aliphatic carbocycles. The third kappa shape index (κ3) is 2.67. The molecule has 3 rings (SSSR count). The van der Waals surface area contributed by atoms with E-state index in [0.717, 1.165) is 40.8 Å². The molecule has 2 N–H and O–H groups in total. The molecule has 0 atom stereocenters. The van der Waals surface area contributed by atoms with Crippen LogP contribution >= 0.6 is 15.9 Å². The van der Waals surface area contributed by atoms with Gasteiger partial charge in [0.05, 0.1) is 11.9 Å². The number of hydrogen-bond acceptors (Lipinski definition) is 3. The Labute approximate surface area is 125 Å². The normalized spacial score (nSPS) is 13.2. The zero-order valence-corrected chi connectivity index (χ0v) is 12.4. The summed E-state index contributed by atoms with van der Waals surface area (Å²) in [5.74, 6) is -0.0883. The molecule has 0 bridgehead atoms. The van der Waals surface area contributed by atoms with Crippen molar-refractivity contribution < 1.29 is 4.79 Å². The summed E-state index contributed by atoms with van der Waals surface area (Å²) in [6.07, 6.45) is 3.62. The molecule has 1 aromatic carbocycles. The lowest BCUT2D eigenvalue weighted by Crippen LogP contribution is -2.19. The average molecular weight is 332 g/mol. The van der Waals surface area contributed by atoms with Crippen LogP contribution in [0.5, 0.6) is 0 Å². The number of pyridine rings is 1. The van der Waals surface area contributed by atoms with Crippen molar-refractivity contribution in [2.75, 3.05) is 17.2 Å². The van der Waals surface area contributed by atoms with Crippen LogP contribution < -0.4 is 10.6 Å². The summed E-state index contributed by atoms with van der Waals surface area (Å²) in [4.78, 5) is 16.5. The van der Waals surface area contributed by atoms with Crippen LogP contribution in [0, 0.1) is 0 Å². The van der Waals surface area contributed by atoms with Crippen LogP contribution in [0.2, 0.25) is 0 Å². The second-order valence-electron chi connectivity index (χ2n) is 4.69. The first kappa shape index (κ1) is 13.1. The van der Waals surface area contributed by atoms with Gasteiger partial charge in [-0.1, -0.05) is 6.07 Å². The Bertz CT molecular complexity index is 640. The molecular weight excluding hydrogens is 318 g/mol. The highest BCUT2D eigenvalue weighted by Gasteiger charge is 2.17. The zero-order chi connectivity index (χ0) is 13.9. The van der Waals surface area contributed by atoms with Crippen LogP contribution in [-0.4, -0.2) is 17.4 Å². The predicted octanol–water partition coefficient (Wildman–Crippen LogP) is 3.45. The summed E-state index contributed by atoms with van der Waals surface area (Å²) < 4.78 is 0.747. The fraction of sp³-hybridized carbons (Fsp3) is 0.200. The van der Waals surface area contributed by atoms with Crippen molar-refractivity contribution in [1.29, 1.82) is 0 Å². The lowest BCUT2D eigenvalue weighted by atomic mass is 9.97. The number of benzene rings is 1. The van der Waals surface area contributed by atoms with Crippen LogP contribution in [-0.2, 0) is 6.42 Å². The number of hydrogen-bond donors (Lipinski definition) is 2. The molecule has 0 saturated heterocycles. The Balaban J connectivity index is 1.85. The molecule has 102 valence electrons. The van der Waals surface area contributed by atoms with Crippen molar-refractivity contribution in [2.45, 2.75) is 12.8 Å². The van der Waals surface area contributed by atoms with Gasteiger partial charge >= 0.3 is 0 Å². The molecule has 1 amide bonds. The van der Waals surface area contributed by atoms with E-state index in [0.29, 0.717) is 5.69 Å². The number of rotatable bonds is 2. The van der Waals surface area contributed by atoms with Crippen molar-refractivity contribution in [3.05, 3.63) is 52.3 Å². The minimum absolute atomic E-state index is 0.0883. The Morgan fingerprint density at radius 1 is 1.30 bits per heavy atom. The first-order chi connectivity index (χ1) is 9.74. The summed E-state index contributed by atoms with van der Waals surface area (Å²) >= 11 is 3.27. The van der Waals surface area contributed by atoms with Gasteiger partial charge in [0.15, 0.2) is 0 Å². The highest BCUT2D eigenvalue weighted by atomic mass is 79.9. The number of nitrogens with one attached hydrogen (secondary N) is 2. The maximum Gasteiger partial charge on any atom is 0.256 e. The smallest absolute Gasteiger partial charge is 0.256 e. The largest absolute Gasteiger partial charge is 0.385 e. The van der Waals surface area contributed by atoms with Gasteiger partial charge in [0.1, 0.15) is 4.60 Å². The minimum atomic E-state index is -0.0883. The van der Waals surface area contributed by atoms with Gasteiger partial charge in [-0.3, -0.25) is 4.79 Å². The molecule has 4 nitrogen and oxygen atoms in total. The number of nitrogens with zero attached hydrogens (tertiary/aromatic N) is 1. The Morgan fingerprint density at radius 3 is 3.00 bits per heavy atom. The second kappa shape index (κ2) is 5.63. The molecule has 0 radical (unpaired) electrons. The molecule has 20 heavy (non-hydrogen) atoms. The van der Waals surface area contributed by atoms with Crippen LogP contribution in [0.25, 0.3) is 0 Å². The van der Waals surface area contributed by atoms with E-state index in [2.05, 4.69) is 31.5 Å². The molecule has 0 spiro atoms. The van der Waals surface area contributed by atoms with Crippen molar-refractivity contribution in [1.82, 2.24) is 4.98 Å². The highest BCUT2D eigenvalue weighted by molar-refractivity contribution is 9.10. The Morgan fingerprint density at radius 2 is 2.20 bits per heavy atom. The quantitative estimate of drug-likeness (QED) is 0.828. The number of fused-ring (bicyclic) bond motifs is 1. The predicted molar refractivity (Wildman–Crippen MR) is 83.1 cm³/mol. The molecule has 1 aliphatic rings. The highest BCUT2D eigenvalue weighted by Crippen LogP contribution is 2.26. The van der Waals surface area contributed by atoms with E-state index in [1.165, 1.54) is 0 Å².